The van der Waals surface area contributed by atoms with E-state index in [0.29, 0.717) is 11.9 Å². The number of carbonyl (C=O) groups excluding carboxylic acids is 1. The van der Waals surface area contributed by atoms with E-state index < -0.39 is 0 Å². The number of rotatable bonds is 5. The zero-order valence-electron chi connectivity index (χ0n) is 11.7. The first-order chi connectivity index (χ1) is 8.76. The smallest absolute Gasteiger partial charge is 0.241 e. The van der Waals surface area contributed by atoms with Crippen molar-refractivity contribution in [1.29, 1.82) is 0 Å². The van der Waals surface area contributed by atoms with Crippen molar-refractivity contribution in [2.24, 2.45) is 0 Å². The first-order valence-corrected chi connectivity index (χ1v) is 8.61. The third-order valence-electron chi connectivity index (χ3n) is 4.35. The van der Waals surface area contributed by atoms with Gasteiger partial charge >= 0.3 is 0 Å². The third kappa shape index (κ3) is 3.21. The second-order valence-corrected chi connectivity index (χ2v) is 6.67. The van der Waals surface area contributed by atoms with Crippen LogP contribution >= 0.6 is 11.8 Å². The summed E-state index contributed by atoms with van der Waals surface area (Å²) < 4.78 is 0. The first-order valence-electron chi connectivity index (χ1n) is 7.33. The monoisotopic (exact) mass is 270 g/mol. The molecular weight excluding hydrogens is 244 g/mol. The van der Waals surface area contributed by atoms with Crippen molar-refractivity contribution in [2.75, 3.05) is 12.9 Å². The van der Waals surface area contributed by atoms with Crippen LogP contribution in [0.4, 0.5) is 0 Å². The Labute approximate surface area is 115 Å². The maximum Gasteiger partial charge on any atom is 0.241 e. The van der Waals surface area contributed by atoms with Gasteiger partial charge in [0.2, 0.25) is 5.91 Å². The number of carbonyl (C=O) groups is 1. The molecule has 2 fully saturated rings. The van der Waals surface area contributed by atoms with Crippen LogP contribution in [0.2, 0.25) is 0 Å². The van der Waals surface area contributed by atoms with E-state index in [1.165, 1.54) is 32.1 Å². The average molecular weight is 270 g/mol. The van der Waals surface area contributed by atoms with Crippen molar-refractivity contribution in [3.63, 3.8) is 0 Å². The molecule has 1 atom stereocenters. The Hall–Kier alpha value is -0.220. The Morgan fingerprint density at radius 2 is 2.06 bits per heavy atom. The van der Waals surface area contributed by atoms with Crippen molar-refractivity contribution in [3.8, 4) is 0 Å². The lowest BCUT2D eigenvalue weighted by Gasteiger charge is -2.33. The Balaban J connectivity index is 1.82. The molecule has 1 aliphatic carbocycles. The molecule has 0 bridgehead atoms. The van der Waals surface area contributed by atoms with Crippen molar-refractivity contribution in [1.82, 2.24) is 10.2 Å². The Morgan fingerprint density at radius 1 is 1.33 bits per heavy atom. The largest absolute Gasteiger partial charge is 0.326 e. The second kappa shape index (κ2) is 6.80. The van der Waals surface area contributed by atoms with Crippen molar-refractivity contribution >= 4 is 17.7 Å². The minimum absolute atomic E-state index is 0.100. The van der Waals surface area contributed by atoms with Crippen LogP contribution in [0, 0.1) is 0 Å². The molecule has 2 rings (SSSR count). The lowest BCUT2D eigenvalue weighted by Crippen LogP contribution is -2.41. The van der Waals surface area contributed by atoms with Gasteiger partial charge in [-0.15, -0.1) is 0 Å². The molecule has 1 aliphatic heterocycles. The molecule has 1 saturated carbocycles. The Bertz CT molecular complexity index is 277. The van der Waals surface area contributed by atoms with E-state index in [4.69, 9.17) is 0 Å². The zero-order chi connectivity index (χ0) is 13.0. The van der Waals surface area contributed by atoms with Gasteiger partial charge in [-0.1, -0.05) is 19.8 Å². The first kappa shape index (κ1) is 14.2. The molecule has 0 spiro atoms. The maximum absolute atomic E-state index is 12.3. The van der Waals surface area contributed by atoms with E-state index in [9.17, 15) is 4.79 Å². The summed E-state index contributed by atoms with van der Waals surface area (Å²) in [7, 11) is 0. The van der Waals surface area contributed by atoms with Gasteiger partial charge < -0.3 is 4.90 Å². The van der Waals surface area contributed by atoms with Gasteiger partial charge in [-0.2, -0.15) is 11.8 Å². The van der Waals surface area contributed by atoms with Crippen LogP contribution in [0.1, 0.15) is 51.9 Å². The molecule has 1 amide bonds. The fourth-order valence-corrected chi connectivity index (χ4v) is 3.85. The molecule has 1 unspecified atom stereocenters. The number of thioether (sulfide) groups is 1. The molecule has 0 radical (unpaired) electrons. The Morgan fingerprint density at radius 3 is 2.67 bits per heavy atom. The van der Waals surface area contributed by atoms with Gasteiger partial charge in [-0.3, -0.25) is 10.1 Å². The highest BCUT2D eigenvalue weighted by atomic mass is 32.2. The molecular formula is C14H26N2OS. The van der Waals surface area contributed by atoms with Gasteiger partial charge in [0.25, 0.3) is 0 Å². The fraction of sp³-hybridized carbons (Fsp3) is 0.929. The van der Waals surface area contributed by atoms with Crippen LogP contribution in [0.25, 0.3) is 0 Å². The van der Waals surface area contributed by atoms with Gasteiger partial charge in [0.05, 0.1) is 12.7 Å². The maximum atomic E-state index is 12.3. The zero-order valence-corrected chi connectivity index (χ0v) is 12.5. The lowest BCUT2D eigenvalue weighted by molar-refractivity contribution is -0.131. The van der Waals surface area contributed by atoms with E-state index in [0.717, 1.165) is 24.8 Å². The van der Waals surface area contributed by atoms with Gasteiger partial charge in [0, 0.05) is 11.3 Å². The summed E-state index contributed by atoms with van der Waals surface area (Å²) in [6, 6.07) is 0.600. The summed E-state index contributed by atoms with van der Waals surface area (Å²) in [5.74, 6) is 0.357. The minimum atomic E-state index is 0.100. The molecule has 1 N–H and O–H groups in total. The van der Waals surface area contributed by atoms with Crippen molar-refractivity contribution in [2.45, 2.75) is 69.2 Å². The summed E-state index contributed by atoms with van der Waals surface area (Å²) >= 11 is 1.98. The number of nitrogens with one attached hydrogen (secondary N) is 1. The van der Waals surface area contributed by atoms with Crippen LogP contribution in [0.15, 0.2) is 0 Å². The molecule has 3 nitrogen and oxygen atoms in total. The average Bonchev–Trinajstić information content (AvgIpc) is 2.78. The summed E-state index contributed by atoms with van der Waals surface area (Å²) in [5, 5.41) is 4.21. The molecule has 4 heteroatoms. The standard InChI is InChI=1S/C14H26N2OS/c1-3-4-5-13-14(17)16(10-15-13)11-6-8-12(18-2)9-7-11/h11-13,15H,3-10H2,1-2H3. The van der Waals surface area contributed by atoms with Crippen LogP contribution in [-0.2, 0) is 4.79 Å². The summed E-state index contributed by atoms with van der Waals surface area (Å²) in [6.45, 7) is 2.96. The molecule has 0 aromatic rings. The van der Waals surface area contributed by atoms with Crippen LogP contribution in [0.5, 0.6) is 0 Å². The minimum Gasteiger partial charge on any atom is -0.326 e. The number of hydrogen-bond donors (Lipinski definition) is 1. The predicted octanol–water partition coefficient (Wildman–Crippen LogP) is 2.61. The van der Waals surface area contributed by atoms with Gasteiger partial charge in [-0.25, -0.2) is 0 Å². The van der Waals surface area contributed by atoms with Crippen LogP contribution < -0.4 is 5.32 Å². The quantitative estimate of drug-likeness (QED) is 0.833. The fourth-order valence-electron chi connectivity index (χ4n) is 3.11. The molecule has 0 aromatic heterocycles. The summed E-state index contributed by atoms with van der Waals surface area (Å²) in [5.41, 5.74) is 0. The predicted molar refractivity (Wildman–Crippen MR) is 77.7 cm³/mol. The van der Waals surface area contributed by atoms with Gasteiger partial charge in [0.1, 0.15) is 0 Å². The van der Waals surface area contributed by atoms with Crippen molar-refractivity contribution < 1.29 is 4.79 Å². The third-order valence-corrected chi connectivity index (χ3v) is 5.49. The van der Waals surface area contributed by atoms with Crippen molar-refractivity contribution in [3.05, 3.63) is 0 Å². The molecule has 1 saturated heterocycles. The van der Waals surface area contributed by atoms with Gasteiger partial charge in [0.15, 0.2) is 0 Å². The SMILES string of the molecule is CCCCC1NCN(C2CCC(SC)CC2)C1=O. The Kier molecular flexibility index (Phi) is 5.37. The molecule has 0 aromatic carbocycles. The number of hydrogen-bond acceptors (Lipinski definition) is 3. The highest BCUT2D eigenvalue weighted by Crippen LogP contribution is 2.30. The number of nitrogens with zero attached hydrogens (tertiary/aromatic N) is 1. The normalized spacial score (nSPS) is 33.1. The van der Waals surface area contributed by atoms with E-state index in [2.05, 4.69) is 23.4 Å². The summed E-state index contributed by atoms with van der Waals surface area (Å²) in [6.07, 6.45) is 10.5. The molecule has 18 heavy (non-hydrogen) atoms. The number of unbranched alkanes of at least 4 members (excludes halogenated alkanes) is 1. The second-order valence-electron chi connectivity index (χ2n) is 5.53. The van der Waals surface area contributed by atoms with Gasteiger partial charge in [-0.05, 0) is 38.4 Å². The van der Waals surface area contributed by atoms with Crippen LogP contribution in [-0.4, -0.2) is 41.1 Å². The molecule has 104 valence electrons. The highest BCUT2D eigenvalue weighted by molar-refractivity contribution is 7.99. The van der Waals surface area contributed by atoms with E-state index in [1.807, 2.05) is 11.8 Å². The number of amides is 1. The lowest BCUT2D eigenvalue weighted by atomic mass is 9.93. The topological polar surface area (TPSA) is 32.3 Å². The van der Waals surface area contributed by atoms with E-state index in [-0.39, 0.29) is 6.04 Å². The molecule has 2 aliphatic rings. The molecule has 1 heterocycles. The van der Waals surface area contributed by atoms with E-state index in [1.54, 1.807) is 0 Å². The summed E-state index contributed by atoms with van der Waals surface area (Å²) in [4.78, 5) is 14.4. The van der Waals surface area contributed by atoms with E-state index >= 15 is 0 Å². The highest BCUT2D eigenvalue weighted by Gasteiger charge is 2.36. The van der Waals surface area contributed by atoms with Crippen LogP contribution in [0.3, 0.4) is 0 Å².